The molecule has 0 radical (unpaired) electrons. The molecule has 0 heterocycles. The largest absolute Gasteiger partial charge is 0.355 e. The molecule has 0 aliphatic heterocycles. The van der Waals surface area contributed by atoms with Gasteiger partial charge < -0.3 is 5.32 Å². The molecule has 100 valence electrons. The van der Waals surface area contributed by atoms with E-state index < -0.39 is 0 Å². The topological polar surface area (TPSA) is 46.2 Å². The maximum absolute atomic E-state index is 12.0. The zero-order valence-electron chi connectivity index (χ0n) is 11.6. The van der Waals surface area contributed by atoms with Gasteiger partial charge in [-0.05, 0) is 11.8 Å². The van der Waals surface area contributed by atoms with Crippen LogP contribution in [0.5, 0.6) is 0 Å². The fraction of sp³-hybridized carbons (Fsp3) is 0.846. The Morgan fingerprint density at radius 3 is 2.24 bits per heavy atom. The molecule has 0 aromatic heterocycles. The SMILES string of the molecule is CCCCNC(=O)C(SC(=O)CC)C(C)(C)C. The zero-order valence-corrected chi connectivity index (χ0v) is 12.4. The second kappa shape index (κ2) is 7.75. The Labute approximate surface area is 109 Å². The number of carbonyl (C=O) groups is 2. The van der Waals surface area contributed by atoms with E-state index in [4.69, 9.17) is 0 Å². The van der Waals surface area contributed by atoms with Crippen LogP contribution in [-0.4, -0.2) is 22.8 Å². The van der Waals surface area contributed by atoms with Crippen LogP contribution >= 0.6 is 11.8 Å². The summed E-state index contributed by atoms with van der Waals surface area (Å²) in [4.78, 5) is 23.5. The van der Waals surface area contributed by atoms with Crippen molar-refractivity contribution in [3.8, 4) is 0 Å². The summed E-state index contributed by atoms with van der Waals surface area (Å²) in [6, 6.07) is 0. The summed E-state index contributed by atoms with van der Waals surface area (Å²) in [5.41, 5.74) is -0.203. The predicted molar refractivity (Wildman–Crippen MR) is 74.0 cm³/mol. The average molecular weight is 259 g/mol. The second-order valence-electron chi connectivity index (χ2n) is 5.23. The molecular formula is C13H25NO2S. The van der Waals surface area contributed by atoms with Gasteiger partial charge in [0, 0.05) is 13.0 Å². The van der Waals surface area contributed by atoms with Crippen molar-refractivity contribution >= 4 is 22.8 Å². The third kappa shape index (κ3) is 6.71. The minimum absolute atomic E-state index is 0.0160. The molecule has 0 bridgehead atoms. The molecule has 1 amide bonds. The van der Waals surface area contributed by atoms with E-state index in [9.17, 15) is 9.59 Å². The zero-order chi connectivity index (χ0) is 13.5. The van der Waals surface area contributed by atoms with Crippen molar-refractivity contribution in [2.24, 2.45) is 5.41 Å². The van der Waals surface area contributed by atoms with E-state index in [1.165, 1.54) is 11.8 Å². The summed E-state index contributed by atoms with van der Waals surface area (Å²) in [6.07, 6.45) is 2.51. The number of carbonyl (C=O) groups excluding carboxylic acids is 2. The Kier molecular flexibility index (Phi) is 7.51. The molecule has 1 N–H and O–H groups in total. The molecule has 0 rings (SSSR count). The van der Waals surface area contributed by atoms with Gasteiger partial charge in [0.25, 0.3) is 0 Å². The number of thioether (sulfide) groups is 1. The van der Waals surface area contributed by atoms with E-state index in [0.717, 1.165) is 12.8 Å². The summed E-state index contributed by atoms with van der Waals surface area (Å²) < 4.78 is 0. The van der Waals surface area contributed by atoms with Crippen molar-refractivity contribution in [1.29, 1.82) is 0 Å². The van der Waals surface area contributed by atoms with Crippen LogP contribution in [-0.2, 0) is 9.59 Å². The highest BCUT2D eigenvalue weighted by molar-refractivity contribution is 8.14. The van der Waals surface area contributed by atoms with Gasteiger partial charge in [-0.25, -0.2) is 0 Å². The molecule has 0 fully saturated rings. The van der Waals surface area contributed by atoms with E-state index in [-0.39, 0.29) is 21.7 Å². The van der Waals surface area contributed by atoms with E-state index in [1.54, 1.807) is 0 Å². The summed E-state index contributed by atoms with van der Waals surface area (Å²) >= 11 is 1.17. The van der Waals surface area contributed by atoms with Crippen molar-refractivity contribution in [3.05, 3.63) is 0 Å². The molecule has 4 heteroatoms. The summed E-state index contributed by atoms with van der Waals surface area (Å²) in [5, 5.41) is 2.69. The molecule has 3 nitrogen and oxygen atoms in total. The van der Waals surface area contributed by atoms with Crippen LogP contribution in [0.2, 0.25) is 0 Å². The number of hydrogen-bond acceptors (Lipinski definition) is 3. The third-order valence-corrected chi connectivity index (χ3v) is 4.10. The van der Waals surface area contributed by atoms with Crippen molar-refractivity contribution in [1.82, 2.24) is 5.32 Å². The summed E-state index contributed by atoms with van der Waals surface area (Å²) in [6.45, 7) is 10.6. The first-order valence-corrected chi connectivity index (χ1v) is 7.18. The van der Waals surface area contributed by atoms with Crippen molar-refractivity contribution < 1.29 is 9.59 Å². The van der Waals surface area contributed by atoms with Crippen LogP contribution in [0.25, 0.3) is 0 Å². The molecule has 0 aliphatic rings. The Hall–Kier alpha value is -0.510. The minimum Gasteiger partial charge on any atom is -0.355 e. The highest BCUT2D eigenvalue weighted by atomic mass is 32.2. The van der Waals surface area contributed by atoms with E-state index in [0.29, 0.717) is 13.0 Å². The first-order valence-electron chi connectivity index (χ1n) is 6.30. The van der Waals surface area contributed by atoms with Gasteiger partial charge in [-0.1, -0.05) is 52.8 Å². The van der Waals surface area contributed by atoms with Crippen LogP contribution in [0.4, 0.5) is 0 Å². The summed E-state index contributed by atoms with van der Waals surface area (Å²) in [5.74, 6) is -0.0160. The van der Waals surface area contributed by atoms with Gasteiger partial charge in [0.05, 0.1) is 5.25 Å². The van der Waals surface area contributed by atoms with Gasteiger partial charge in [0.2, 0.25) is 5.91 Å². The normalized spacial score (nSPS) is 13.2. The van der Waals surface area contributed by atoms with E-state index in [2.05, 4.69) is 12.2 Å². The van der Waals surface area contributed by atoms with Gasteiger partial charge in [-0.3, -0.25) is 9.59 Å². The van der Waals surface area contributed by atoms with Gasteiger partial charge in [0.1, 0.15) is 0 Å². The smallest absolute Gasteiger partial charge is 0.234 e. The molecule has 0 aliphatic carbocycles. The second-order valence-corrected chi connectivity index (χ2v) is 6.40. The van der Waals surface area contributed by atoms with Crippen molar-refractivity contribution in [2.75, 3.05) is 6.54 Å². The Morgan fingerprint density at radius 2 is 1.82 bits per heavy atom. The van der Waals surface area contributed by atoms with Crippen LogP contribution in [0.15, 0.2) is 0 Å². The van der Waals surface area contributed by atoms with Gasteiger partial charge in [0.15, 0.2) is 5.12 Å². The monoisotopic (exact) mass is 259 g/mol. The van der Waals surface area contributed by atoms with Crippen molar-refractivity contribution in [3.63, 3.8) is 0 Å². The van der Waals surface area contributed by atoms with Crippen LogP contribution in [0.3, 0.4) is 0 Å². The average Bonchev–Trinajstić information content (AvgIpc) is 2.24. The molecule has 1 atom stereocenters. The lowest BCUT2D eigenvalue weighted by Gasteiger charge is -2.28. The maximum atomic E-state index is 12.0. The molecule has 0 aromatic rings. The molecule has 0 aromatic carbocycles. The molecule has 0 spiro atoms. The van der Waals surface area contributed by atoms with Crippen LogP contribution < -0.4 is 5.32 Å². The number of hydrogen-bond donors (Lipinski definition) is 1. The Bertz CT molecular complexity index is 259. The molecule has 1 unspecified atom stereocenters. The van der Waals surface area contributed by atoms with E-state index in [1.807, 2.05) is 27.7 Å². The highest BCUT2D eigenvalue weighted by Gasteiger charge is 2.33. The van der Waals surface area contributed by atoms with Crippen LogP contribution in [0.1, 0.15) is 53.9 Å². The van der Waals surface area contributed by atoms with Gasteiger partial charge in [-0.2, -0.15) is 0 Å². The minimum atomic E-state index is -0.299. The summed E-state index contributed by atoms with van der Waals surface area (Å²) in [7, 11) is 0. The maximum Gasteiger partial charge on any atom is 0.234 e. The first-order chi connectivity index (χ1) is 7.82. The standard InChI is InChI=1S/C13H25NO2S/c1-6-8-9-14-12(16)11(13(3,4)5)17-10(15)7-2/h11H,6-9H2,1-5H3,(H,14,16). The molecule has 17 heavy (non-hydrogen) atoms. The molecule has 0 saturated heterocycles. The highest BCUT2D eigenvalue weighted by Crippen LogP contribution is 2.31. The molecule has 0 saturated carbocycles. The lowest BCUT2D eigenvalue weighted by atomic mass is 9.91. The van der Waals surface area contributed by atoms with Crippen molar-refractivity contribution in [2.45, 2.75) is 59.1 Å². The fourth-order valence-electron chi connectivity index (χ4n) is 1.32. The lowest BCUT2D eigenvalue weighted by molar-refractivity contribution is -0.122. The fourth-order valence-corrected chi connectivity index (χ4v) is 2.29. The van der Waals surface area contributed by atoms with Gasteiger partial charge >= 0.3 is 0 Å². The lowest BCUT2D eigenvalue weighted by Crippen LogP contribution is -2.41. The quantitative estimate of drug-likeness (QED) is 0.746. The number of amides is 1. The first kappa shape index (κ1) is 16.5. The van der Waals surface area contributed by atoms with Gasteiger partial charge in [-0.15, -0.1) is 0 Å². The van der Waals surface area contributed by atoms with E-state index >= 15 is 0 Å². The Morgan fingerprint density at radius 1 is 1.24 bits per heavy atom. The number of unbranched alkanes of at least 4 members (excludes halogenated alkanes) is 1. The van der Waals surface area contributed by atoms with Crippen LogP contribution in [0, 0.1) is 5.41 Å². The number of nitrogens with one attached hydrogen (secondary N) is 1. The third-order valence-electron chi connectivity index (χ3n) is 2.39. The number of rotatable bonds is 6. The predicted octanol–water partition coefficient (Wildman–Crippen LogP) is 2.99. The Balaban J connectivity index is 4.47. The molecular weight excluding hydrogens is 234 g/mol.